The molecule has 0 amide bonds. The Morgan fingerprint density at radius 2 is 1.90 bits per heavy atom. The van der Waals surface area contributed by atoms with Crippen LogP contribution in [-0.4, -0.2) is 54.4 Å². The number of halogens is 1. The van der Waals surface area contributed by atoms with Crippen LogP contribution in [0.4, 0.5) is 5.82 Å². The van der Waals surface area contributed by atoms with Gasteiger partial charge in [0.25, 0.3) is 0 Å². The SMILES string of the molecule is COc1cccc(CN2CCN(c3noc(-c4ccc(Cl)cc4)c3C(=O)O)CC2)c1. The molecule has 8 heteroatoms. The van der Waals surface area contributed by atoms with Gasteiger partial charge in [0.2, 0.25) is 0 Å². The molecule has 7 nitrogen and oxygen atoms in total. The third-order valence-corrected chi connectivity index (χ3v) is 5.46. The topological polar surface area (TPSA) is 79.0 Å². The van der Waals surface area contributed by atoms with Gasteiger partial charge in [0, 0.05) is 43.3 Å². The molecule has 1 fully saturated rings. The molecule has 1 aromatic heterocycles. The number of hydrogen-bond acceptors (Lipinski definition) is 6. The first kappa shape index (κ1) is 20.3. The maximum atomic E-state index is 12.0. The predicted octanol–water partition coefficient (Wildman–Crippen LogP) is 4.02. The van der Waals surface area contributed by atoms with Gasteiger partial charge in [0.15, 0.2) is 17.1 Å². The zero-order valence-corrected chi connectivity index (χ0v) is 17.3. The van der Waals surface area contributed by atoms with Gasteiger partial charge in [-0.1, -0.05) is 28.9 Å². The summed E-state index contributed by atoms with van der Waals surface area (Å²) in [7, 11) is 1.66. The van der Waals surface area contributed by atoms with E-state index in [0.717, 1.165) is 25.4 Å². The zero-order chi connectivity index (χ0) is 21.1. The van der Waals surface area contributed by atoms with Gasteiger partial charge in [-0.2, -0.15) is 0 Å². The van der Waals surface area contributed by atoms with Gasteiger partial charge in [-0.05, 0) is 42.0 Å². The number of anilines is 1. The van der Waals surface area contributed by atoms with E-state index in [1.165, 1.54) is 5.56 Å². The number of aromatic nitrogens is 1. The lowest BCUT2D eigenvalue weighted by molar-refractivity contribution is 0.0697. The third kappa shape index (κ3) is 4.27. The van der Waals surface area contributed by atoms with Crippen LogP contribution >= 0.6 is 11.6 Å². The number of piperazine rings is 1. The van der Waals surface area contributed by atoms with Crippen molar-refractivity contribution in [3.05, 3.63) is 64.7 Å². The highest BCUT2D eigenvalue weighted by atomic mass is 35.5. The van der Waals surface area contributed by atoms with Crippen molar-refractivity contribution in [2.75, 3.05) is 38.2 Å². The van der Waals surface area contributed by atoms with Crippen molar-refractivity contribution < 1.29 is 19.2 Å². The molecular formula is C22H22ClN3O4. The number of carboxylic acid groups (broad SMARTS) is 1. The number of rotatable bonds is 6. The van der Waals surface area contributed by atoms with Crippen molar-refractivity contribution in [1.29, 1.82) is 0 Å². The Bertz CT molecular complexity index is 1030. The van der Waals surface area contributed by atoms with Crippen molar-refractivity contribution in [3.8, 4) is 17.1 Å². The summed E-state index contributed by atoms with van der Waals surface area (Å²) >= 11 is 5.93. The summed E-state index contributed by atoms with van der Waals surface area (Å²) in [5.41, 5.74) is 1.89. The van der Waals surface area contributed by atoms with Crippen molar-refractivity contribution >= 4 is 23.4 Å². The summed E-state index contributed by atoms with van der Waals surface area (Å²) < 4.78 is 10.7. The number of aromatic carboxylic acids is 1. The zero-order valence-electron chi connectivity index (χ0n) is 16.5. The van der Waals surface area contributed by atoms with E-state index in [2.05, 4.69) is 16.1 Å². The Morgan fingerprint density at radius 1 is 1.17 bits per heavy atom. The molecule has 1 saturated heterocycles. The molecule has 0 atom stereocenters. The van der Waals surface area contributed by atoms with Crippen LogP contribution in [0.25, 0.3) is 11.3 Å². The van der Waals surface area contributed by atoms with E-state index in [1.807, 2.05) is 23.1 Å². The number of benzene rings is 2. The van der Waals surface area contributed by atoms with Gasteiger partial charge >= 0.3 is 5.97 Å². The van der Waals surface area contributed by atoms with Crippen molar-refractivity contribution in [3.63, 3.8) is 0 Å². The van der Waals surface area contributed by atoms with Gasteiger partial charge in [0.05, 0.1) is 7.11 Å². The molecule has 0 radical (unpaired) electrons. The second-order valence-electron chi connectivity index (χ2n) is 7.14. The molecular weight excluding hydrogens is 406 g/mol. The van der Waals surface area contributed by atoms with E-state index in [-0.39, 0.29) is 11.3 Å². The lowest BCUT2D eigenvalue weighted by atomic mass is 10.1. The molecule has 0 bridgehead atoms. The highest BCUT2D eigenvalue weighted by molar-refractivity contribution is 6.30. The first-order valence-corrected chi connectivity index (χ1v) is 10.0. The Balaban J connectivity index is 1.48. The highest BCUT2D eigenvalue weighted by Crippen LogP contribution is 2.32. The number of hydrogen-bond donors (Lipinski definition) is 1. The maximum absolute atomic E-state index is 12.0. The van der Waals surface area contributed by atoms with Gasteiger partial charge in [-0.25, -0.2) is 4.79 Å². The normalized spacial score (nSPS) is 14.7. The standard InChI is InChI=1S/C22H22ClN3O4/c1-29-18-4-2-3-15(13-18)14-25-9-11-26(12-10-25)21-19(22(27)28)20(30-24-21)16-5-7-17(23)8-6-16/h2-8,13H,9-12,14H2,1H3,(H,27,28). The molecule has 30 heavy (non-hydrogen) atoms. The lowest BCUT2D eigenvalue weighted by Gasteiger charge is -2.34. The Kier molecular flexibility index (Phi) is 5.92. The van der Waals surface area contributed by atoms with E-state index in [4.69, 9.17) is 20.9 Å². The Hall–Kier alpha value is -3.03. The van der Waals surface area contributed by atoms with E-state index >= 15 is 0 Å². The summed E-state index contributed by atoms with van der Waals surface area (Å²) in [6, 6.07) is 14.9. The van der Waals surface area contributed by atoms with Crippen LogP contribution in [0.5, 0.6) is 5.75 Å². The van der Waals surface area contributed by atoms with Gasteiger partial charge in [0.1, 0.15) is 5.75 Å². The second kappa shape index (κ2) is 8.77. The minimum atomic E-state index is -1.06. The fourth-order valence-electron chi connectivity index (χ4n) is 3.64. The summed E-state index contributed by atoms with van der Waals surface area (Å²) in [5, 5.41) is 14.5. The van der Waals surface area contributed by atoms with Crippen LogP contribution < -0.4 is 9.64 Å². The fourth-order valence-corrected chi connectivity index (χ4v) is 3.76. The largest absolute Gasteiger partial charge is 0.497 e. The van der Waals surface area contributed by atoms with E-state index in [1.54, 1.807) is 31.4 Å². The average molecular weight is 428 g/mol. The number of nitrogens with zero attached hydrogens (tertiary/aromatic N) is 3. The summed E-state index contributed by atoms with van der Waals surface area (Å²) in [4.78, 5) is 16.3. The maximum Gasteiger partial charge on any atom is 0.343 e. The Morgan fingerprint density at radius 3 is 2.57 bits per heavy atom. The lowest BCUT2D eigenvalue weighted by Crippen LogP contribution is -2.46. The van der Waals surface area contributed by atoms with Gasteiger partial charge in [-0.15, -0.1) is 0 Å². The molecule has 2 aromatic carbocycles. The molecule has 0 unspecified atom stereocenters. The molecule has 4 rings (SSSR count). The monoisotopic (exact) mass is 427 g/mol. The molecule has 3 aromatic rings. The molecule has 0 spiro atoms. The second-order valence-corrected chi connectivity index (χ2v) is 7.57. The van der Waals surface area contributed by atoms with Crippen molar-refractivity contribution in [2.24, 2.45) is 0 Å². The molecule has 156 valence electrons. The third-order valence-electron chi connectivity index (χ3n) is 5.21. The number of ether oxygens (including phenoxy) is 1. The van der Waals surface area contributed by atoms with Crippen molar-refractivity contribution in [2.45, 2.75) is 6.54 Å². The van der Waals surface area contributed by atoms with Crippen LogP contribution in [0, 0.1) is 0 Å². The molecule has 1 aliphatic heterocycles. The van der Waals surface area contributed by atoms with E-state index in [9.17, 15) is 9.90 Å². The summed E-state index contributed by atoms with van der Waals surface area (Å²) in [6.45, 7) is 3.72. The first-order valence-electron chi connectivity index (χ1n) is 9.64. The predicted molar refractivity (Wildman–Crippen MR) is 114 cm³/mol. The van der Waals surface area contributed by atoms with Gasteiger partial charge < -0.3 is 19.3 Å². The summed E-state index contributed by atoms with van der Waals surface area (Å²) in [5.74, 6) is 0.394. The molecule has 1 aliphatic rings. The number of carbonyl (C=O) groups is 1. The minimum Gasteiger partial charge on any atom is -0.497 e. The molecule has 0 saturated carbocycles. The minimum absolute atomic E-state index is 0.0820. The molecule has 2 heterocycles. The highest BCUT2D eigenvalue weighted by Gasteiger charge is 2.29. The van der Waals surface area contributed by atoms with Crippen LogP contribution in [0.2, 0.25) is 5.02 Å². The average Bonchev–Trinajstić information content (AvgIpc) is 3.20. The van der Waals surface area contributed by atoms with Crippen LogP contribution in [0.15, 0.2) is 53.1 Å². The van der Waals surface area contributed by atoms with E-state index in [0.29, 0.717) is 29.5 Å². The van der Waals surface area contributed by atoms with Crippen LogP contribution in [0.1, 0.15) is 15.9 Å². The van der Waals surface area contributed by atoms with E-state index < -0.39 is 5.97 Å². The van der Waals surface area contributed by atoms with Crippen molar-refractivity contribution in [1.82, 2.24) is 10.1 Å². The number of carboxylic acids is 1. The number of methoxy groups -OCH3 is 1. The smallest absolute Gasteiger partial charge is 0.343 e. The fraction of sp³-hybridized carbons (Fsp3) is 0.273. The summed E-state index contributed by atoms with van der Waals surface area (Å²) in [6.07, 6.45) is 0. The molecule has 1 N–H and O–H groups in total. The molecule has 0 aliphatic carbocycles. The van der Waals surface area contributed by atoms with Crippen LogP contribution in [0.3, 0.4) is 0 Å². The first-order chi connectivity index (χ1) is 14.5. The Labute approximate surface area is 179 Å². The quantitative estimate of drug-likeness (QED) is 0.636. The van der Waals surface area contributed by atoms with Gasteiger partial charge in [-0.3, -0.25) is 4.90 Å². The van der Waals surface area contributed by atoms with Crippen LogP contribution in [-0.2, 0) is 6.54 Å².